The van der Waals surface area contributed by atoms with Crippen molar-refractivity contribution in [2.75, 3.05) is 13.7 Å². The molecule has 1 N–H and O–H groups in total. The number of carbonyl (C=O) groups excluding carboxylic acids is 1. The van der Waals surface area contributed by atoms with Gasteiger partial charge in [0.2, 0.25) is 0 Å². The zero-order valence-corrected chi connectivity index (χ0v) is 14.4. The minimum absolute atomic E-state index is 0.348. The van der Waals surface area contributed by atoms with E-state index >= 15 is 0 Å². The Morgan fingerprint density at radius 1 is 1.04 bits per heavy atom. The van der Waals surface area contributed by atoms with Gasteiger partial charge in [0.25, 0.3) is 0 Å². The Balaban J connectivity index is 2.23. The molecule has 0 aliphatic rings. The summed E-state index contributed by atoms with van der Waals surface area (Å²) in [5.74, 6) is 0.408. The number of hydrogen-bond donors (Lipinski definition) is 1. The molecule has 0 spiro atoms. The summed E-state index contributed by atoms with van der Waals surface area (Å²) in [6, 6.07) is 12.1. The van der Waals surface area contributed by atoms with Gasteiger partial charge in [-0.05, 0) is 44.5 Å². The summed E-state index contributed by atoms with van der Waals surface area (Å²) < 4.78 is 10.5. The van der Waals surface area contributed by atoms with Crippen LogP contribution in [0.2, 0.25) is 0 Å². The van der Waals surface area contributed by atoms with Gasteiger partial charge >= 0.3 is 5.97 Å². The number of esters is 1. The number of nitrogens with one attached hydrogen (secondary N) is 1. The standard InChI is InChI=1S/C20H21NO3/c1-5-24-20(22)18-10-15-9-16(23-4)11-17(19(15)21-18)14-7-12(2)6-13(3)8-14/h6-11,21H,5H2,1-4H3. The molecule has 3 rings (SSSR count). The highest BCUT2D eigenvalue weighted by Crippen LogP contribution is 2.34. The van der Waals surface area contributed by atoms with Gasteiger partial charge in [-0.1, -0.05) is 29.3 Å². The van der Waals surface area contributed by atoms with Crippen molar-refractivity contribution in [1.82, 2.24) is 4.98 Å². The van der Waals surface area contributed by atoms with Crippen LogP contribution in [0.15, 0.2) is 36.4 Å². The van der Waals surface area contributed by atoms with Crippen LogP contribution in [0.4, 0.5) is 0 Å². The van der Waals surface area contributed by atoms with Crippen LogP contribution < -0.4 is 4.74 Å². The summed E-state index contributed by atoms with van der Waals surface area (Å²) in [4.78, 5) is 15.2. The van der Waals surface area contributed by atoms with E-state index in [9.17, 15) is 4.79 Å². The fourth-order valence-electron chi connectivity index (χ4n) is 3.01. The SMILES string of the molecule is CCOC(=O)c1cc2cc(OC)cc(-c3cc(C)cc(C)c3)c2[nH]1. The van der Waals surface area contributed by atoms with Crippen molar-refractivity contribution >= 4 is 16.9 Å². The predicted octanol–water partition coefficient (Wildman–Crippen LogP) is 4.64. The zero-order chi connectivity index (χ0) is 17.3. The Bertz CT molecular complexity index is 888. The van der Waals surface area contributed by atoms with Crippen LogP contribution in [0.25, 0.3) is 22.0 Å². The van der Waals surface area contributed by atoms with Gasteiger partial charge in [-0.3, -0.25) is 0 Å². The summed E-state index contributed by atoms with van der Waals surface area (Å²) in [5.41, 5.74) is 5.84. The molecular weight excluding hydrogens is 302 g/mol. The maximum absolute atomic E-state index is 12.0. The van der Waals surface area contributed by atoms with E-state index in [4.69, 9.17) is 9.47 Å². The number of H-pyrrole nitrogens is 1. The Kier molecular flexibility index (Phi) is 4.30. The minimum atomic E-state index is -0.348. The van der Waals surface area contributed by atoms with Crippen LogP contribution in [-0.2, 0) is 4.74 Å². The third-order valence-electron chi connectivity index (χ3n) is 3.97. The Labute approximate surface area is 141 Å². The number of aryl methyl sites for hydroxylation is 2. The molecule has 0 fully saturated rings. The fraction of sp³-hybridized carbons (Fsp3) is 0.250. The minimum Gasteiger partial charge on any atom is -0.497 e. The van der Waals surface area contributed by atoms with Gasteiger partial charge in [-0.15, -0.1) is 0 Å². The smallest absolute Gasteiger partial charge is 0.354 e. The molecule has 0 radical (unpaired) electrons. The lowest BCUT2D eigenvalue weighted by molar-refractivity contribution is 0.0520. The fourth-order valence-corrected chi connectivity index (χ4v) is 3.01. The second kappa shape index (κ2) is 6.40. The van der Waals surface area contributed by atoms with Gasteiger partial charge < -0.3 is 14.5 Å². The third kappa shape index (κ3) is 3.00. The van der Waals surface area contributed by atoms with E-state index < -0.39 is 0 Å². The van der Waals surface area contributed by atoms with Crippen LogP contribution in [0.1, 0.15) is 28.5 Å². The highest BCUT2D eigenvalue weighted by atomic mass is 16.5. The molecule has 24 heavy (non-hydrogen) atoms. The van der Waals surface area contributed by atoms with Gasteiger partial charge in [0.15, 0.2) is 0 Å². The predicted molar refractivity (Wildman–Crippen MR) is 95.7 cm³/mol. The number of ether oxygens (including phenoxy) is 2. The van der Waals surface area contributed by atoms with Gasteiger partial charge in [0.05, 0.1) is 19.2 Å². The van der Waals surface area contributed by atoms with E-state index in [-0.39, 0.29) is 5.97 Å². The van der Waals surface area contributed by atoms with Gasteiger partial charge in [0, 0.05) is 10.9 Å². The second-order valence-electron chi connectivity index (χ2n) is 5.92. The average molecular weight is 323 g/mol. The molecule has 0 unspecified atom stereocenters. The number of methoxy groups -OCH3 is 1. The van der Waals surface area contributed by atoms with Gasteiger partial charge in [-0.25, -0.2) is 4.79 Å². The molecule has 2 aromatic carbocycles. The number of benzene rings is 2. The van der Waals surface area contributed by atoms with Crippen molar-refractivity contribution in [2.24, 2.45) is 0 Å². The molecule has 1 aromatic heterocycles. The van der Waals surface area contributed by atoms with Gasteiger partial charge in [0.1, 0.15) is 11.4 Å². The summed E-state index contributed by atoms with van der Waals surface area (Å²) in [5, 5.41) is 0.923. The maximum Gasteiger partial charge on any atom is 0.354 e. The lowest BCUT2D eigenvalue weighted by atomic mass is 9.99. The van der Waals surface area contributed by atoms with Gasteiger partial charge in [-0.2, -0.15) is 0 Å². The average Bonchev–Trinajstić information content (AvgIpc) is 2.97. The first-order valence-electron chi connectivity index (χ1n) is 7.98. The Morgan fingerprint density at radius 2 is 1.75 bits per heavy atom. The first kappa shape index (κ1) is 16.1. The summed E-state index contributed by atoms with van der Waals surface area (Å²) in [6.45, 7) is 6.30. The molecule has 0 aliphatic carbocycles. The molecule has 4 nitrogen and oxygen atoms in total. The molecule has 0 bridgehead atoms. The maximum atomic E-state index is 12.0. The number of aromatic amines is 1. The highest BCUT2D eigenvalue weighted by Gasteiger charge is 2.15. The molecule has 0 saturated carbocycles. The van der Waals surface area contributed by atoms with Crippen molar-refractivity contribution < 1.29 is 14.3 Å². The van der Waals surface area contributed by atoms with Crippen LogP contribution in [0, 0.1) is 13.8 Å². The van der Waals surface area contributed by atoms with Crippen molar-refractivity contribution in [3.05, 3.63) is 53.2 Å². The van der Waals surface area contributed by atoms with E-state index in [1.165, 1.54) is 11.1 Å². The largest absolute Gasteiger partial charge is 0.497 e. The number of hydrogen-bond acceptors (Lipinski definition) is 3. The molecular formula is C20H21NO3. The summed E-state index contributed by atoms with van der Waals surface area (Å²) in [7, 11) is 1.64. The van der Waals surface area contributed by atoms with Crippen LogP contribution >= 0.6 is 0 Å². The van der Waals surface area contributed by atoms with Crippen molar-refractivity contribution in [1.29, 1.82) is 0 Å². The quantitative estimate of drug-likeness (QED) is 0.712. The molecule has 4 heteroatoms. The molecule has 0 aliphatic heterocycles. The molecule has 3 aromatic rings. The molecule has 1 heterocycles. The van der Waals surface area contributed by atoms with E-state index in [1.807, 2.05) is 18.2 Å². The van der Waals surface area contributed by atoms with E-state index in [0.717, 1.165) is 27.8 Å². The number of carbonyl (C=O) groups is 1. The lowest BCUT2D eigenvalue weighted by Gasteiger charge is -2.09. The molecule has 0 saturated heterocycles. The van der Waals surface area contributed by atoms with Crippen molar-refractivity contribution in [3.8, 4) is 16.9 Å². The number of fused-ring (bicyclic) bond motifs is 1. The normalized spacial score (nSPS) is 10.8. The van der Waals surface area contributed by atoms with E-state index in [1.54, 1.807) is 14.0 Å². The molecule has 0 amide bonds. The van der Waals surface area contributed by atoms with Crippen LogP contribution in [-0.4, -0.2) is 24.7 Å². The molecule has 0 atom stereocenters. The van der Waals surface area contributed by atoms with Crippen molar-refractivity contribution in [3.63, 3.8) is 0 Å². The zero-order valence-electron chi connectivity index (χ0n) is 14.4. The third-order valence-corrected chi connectivity index (χ3v) is 3.97. The highest BCUT2D eigenvalue weighted by molar-refractivity contribution is 6.01. The van der Waals surface area contributed by atoms with Crippen molar-refractivity contribution in [2.45, 2.75) is 20.8 Å². The topological polar surface area (TPSA) is 51.3 Å². The summed E-state index contributed by atoms with van der Waals surface area (Å²) in [6.07, 6.45) is 0. The second-order valence-corrected chi connectivity index (χ2v) is 5.92. The van der Waals surface area contributed by atoms with E-state index in [0.29, 0.717) is 12.3 Å². The lowest BCUT2D eigenvalue weighted by Crippen LogP contribution is -2.04. The summed E-state index contributed by atoms with van der Waals surface area (Å²) >= 11 is 0. The number of aromatic nitrogens is 1. The molecule has 124 valence electrons. The first-order chi connectivity index (χ1) is 11.5. The van der Waals surface area contributed by atoms with E-state index in [2.05, 4.69) is 37.0 Å². The van der Waals surface area contributed by atoms with Crippen LogP contribution in [0.5, 0.6) is 5.75 Å². The van der Waals surface area contributed by atoms with Crippen LogP contribution in [0.3, 0.4) is 0 Å². The first-order valence-corrected chi connectivity index (χ1v) is 7.98. The Morgan fingerprint density at radius 3 is 2.38 bits per heavy atom. The monoisotopic (exact) mass is 323 g/mol. The Hall–Kier alpha value is -2.75. The number of rotatable bonds is 4.